The second-order valence-electron chi connectivity index (χ2n) is 4.76. The Hall–Kier alpha value is 1.59. The van der Waals surface area contributed by atoms with Crippen LogP contribution >= 0.6 is 15.9 Å². The van der Waals surface area contributed by atoms with Crippen molar-refractivity contribution in [1.29, 1.82) is 0 Å². The van der Waals surface area contributed by atoms with E-state index in [2.05, 4.69) is 22.9 Å². The van der Waals surface area contributed by atoms with Crippen LogP contribution in [0.15, 0.2) is 0 Å². The van der Waals surface area contributed by atoms with E-state index in [1.165, 1.54) is 51.4 Å². The quantitative estimate of drug-likeness (QED) is 0.298. The average molecular weight is 345 g/mol. The summed E-state index contributed by atoms with van der Waals surface area (Å²) in [5.41, 5.74) is 0. The Bertz CT molecular complexity index is 189. The number of aliphatic carboxylic acids is 1. The maximum Gasteiger partial charge on any atom is 1.00 e. The maximum absolute atomic E-state index is 10.4. The molecule has 0 N–H and O–H groups in total. The number of carboxylic acid groups (broad SMARTS) is 1. The number of unbranched alkanes of at least 4 members (excludes halogenated alkanes) is 9. The molecule has 0 aliphatic heterocycles. The van der Waals surface area contributed by atoms with Crippen LogP contribution in [0.3, 0.4) is 0 Å². The van der Waals surface area contributed by atoms with Crippen LogP contribution in [0.25, 0.3) is 0 Å². The Morgan fingerprint density at radius 2 is 1.33 bits per heavy atom. The molecule has 0 rings (SSSR count). The van der Waals surface area contributed by atoms with Crippen molar-refractivity contribution in [2.45, 2.75) is 82.4 Å². The smallest absolute Gasteiger partial charge is 0.549 e. The molecule has 0 saturated heterocycles. The molecule has 0 saturated carbocycles. The molecular formula is C14H26BrKO2. The molecule has 0 bridgehead atoms. The molecule has 0 amide bonds. The van der Waals surface area contributed by atoms with Crippen LogP contribution < -0.4 is 56.5 Å². The van der Waals surface area contributed by atoms with Crippen LogP contribution in [-0.4, -0.2) is 10.8 Å². The van der Waals surface area contributed by atoms with Gasteiger partial charge in [0.05, 0.1) is 10.8 Å². The van der Waals surface area contributed by atoms with E-state index in [9.17, 15) is 9.90 Å². The predicted octanol–water partition coefficient (Wildman–Crippen LogP) is 0.815. The van der Waals surface area contributed by atoms with Crippen molar-refractivity contribution in [2.24, 2.45) is 0 Å². The second-order valence-corrected chi connectivity index (χ2v) is 5.86. The molecule has 0 fully saturated rings. The van der Waals surface area contributed by atoms with Gasteiger partial charge in [-0.25, -0.2) is 0 Å². The number of rotatable bonds is 12. The summed E-state index contributed by atoms with van der Waals surface area (Å²) >= 11 is 3.10. The van der Waals surface area contributed by atoms with Gasteiger partial charge in [0.15, 0.2) is 0 Å². The molecule has 0 spiro atoms. The minimum atomic E-state index is -0.985. The van der Waals surface area contributed by atoms with Crippen molar-refractivity contribution in [3.63, 3.8) is 0 Å². The third kappa shape index (κ3) is 15.6. The van der Waals surface area contributed by atoms with Gasteiger partial charge in [-0.05, 0) is 6.42 Å². The second kappa shape index (κ2) is 16.6. The van der Waals surface area contributed by atoms with Crippen molar-refractivity contribution in [3.8, 4) is 0 Å². The molecule has 0 aromatic heterocycles. The van der Waals surface area contributed by atoms with E-state index in [1.54, 1.807) is 0 Å². The summed E-state index contributed by atoms with van der Waals surface area (Å²) in [6, 6.07) is 0. The average Bonchev–Trinajstić information content (AvgIpc) is 2.31. The SMILES string of the molecule is CCCCCCCCCCCCC(Br)C(=O)[O-].[K+]. The Morgan fingerprint density at radius 3 is 1.72 bits per heavy atom. The van der Waals surface area contributed by atoms with Crippen molar-refractivity contribution in [2.75, 3.05) is 0 Å². The van der Waals surface area contributed by atoms with Gasteiger partial charge in [0, 0.05) is 0 Å². The van der Waals surface area contributed by atoms with Gasteiger partial charge in [-0.15, -0.1) is 0 Å². The van der Waals surface area contributed by atoms with Crippen LogP contribution in [0.4, 0.5) is 0 Å². The number of halogens is 1. The monoisotopic (exact) mass is 344 g/mol. The molecule has 0 aliphatic carbocycles. The summed E-state index contributed by atoms with van der Waals surface area (Å²) in [6.07, 6.45) is 13.5. The minimum Gasteiger partial charge on any atom is -0.549 e. The van der Waals surface area contributed by atoms with Gasteiger partial charge in [-0.3, -0.25) is 0 Å². The number of carboxylic acids is 1. The molecule has 1 unspecified atom stereocenters. The maximum atomic E-state index is 10.4. The van der Waals surface area contributed by atoms with Crippen LogP contribution in [0.2, 0.25) is 0 Å². The largest absolute Gasteiger partial charge is 1.00 e. The Kier molecular flexibility index (Phi) is 20.2. The molecule has 4 heteroatoms. The van der Waals surface area contributed by atoms with Gasteiger partial charge in [-0.2, -0.15) is 0 Å². The van der Waals surface area contributed by atoms with E-state index in [-0.39, 0.29) is 51.4 Å². The van der Waals surface area contributed by atoms with Crippen molar-refractivity contribution < 1.29 is 61.3 Å². The zero-order valence-electron chi connectivity index (χ0n) is 12.0. The summed E-state index contributed by atoms with van der Waals surface area (Å²) in [4.78, 5) is 9.97. The van der Waals surface area contributed by atoms with E-state index >= 15 is 0 Å². The third-order valence-electron chi connectivity index (χ3n) is 3.07. The van der Waals surface area contributed by atoms with Crippen LogP contribution in [0.1, 0.15) is 77.6 Å². The number of hydrogen-bond donors (Lipinski definition) is 0. The first kappa shape index (κ1) is 21.9. The number of carbonyl (C=O) groups is 1. The van der Waals surface area contributed by atoms with Gasteiger partial charge in [-0.1, -0.05) is 87.1 Å². The topological polar surface area (TPSA) is 40.1 Å². The normalized spacial score (nSPS) is 11.9. The summed E-state index contributed by atoms with van der Waals surface area (Å²) in [7, 11) is 0. The van der Waals surface area contributed by atoms with Crippen molar-refractivity contribution >= 4 is 21.9 Å². The molecule has 2 nitrogen and oxygen atoms in total. The number of carbonyl (C=O) groups excluding carboxylic acids is 1. The van der Waals surface area contributed by atoms with Crippen LogP contribution in [-0.2, 0) is 4.79 Å². The van der Waals surface area contributed by atoms with E-state index in [0.717, 1.165) is 12.8 Å². The zero-order chi connectivity index (χ0) is 12.9. The first-order valence-corrected chi connectivity index (χ1v) is 7.95. The number of hydrogen-bond acceptors (Lipinski definition) is 2. The predicted molar refractivity (Wildman–Crippen MR) is 74.2 cm³/mol. The molecule has 1 atom stereocenters. The van der Waals surface area contributed by atoms with Crippen LogP contribution in [0.5, 0.6) is 0 Å². The molecule has 0 aromatic carbocycles. The third-order valence-corrected chi connectivity index (χ3v) is 3.90. The summed E-state index contributed by atoms with van der Waals surface area (Å²) in [5, 5.41) is 10.4. The molecule has 18 heavy (non-hydrogen) atoms. The van der Waals surface area contributed by atoms with E-state index in [4.69, 9.17) is 0 Å². The fourth-order valence-corrected chi connectivity index (χ4v) is 2.25. The Labute approximate surface area is 163 Å². The summed E-state index contributed by atoms with van der Waals surface area (Å²) in [5.74, 6) is -0.985. The zero-order valence-corrected chi connectivity index (χ0v) is 16.8. The van der Waals surface area contributed by atoms with Gasteiger partial charge in [0.2, 0.25) is 0 Å². The minimum absolute atomic E-state index is 0. The number of alkyl halides is 1. The van der Waals surface area contributed by atoms with E-state index in [1.807, 2.05) is 0 Å². The fourth-order valence-electron chi connectivity index (χ4n) is 1.93. The van der Waals surface area contributed by atoms with Crippen molar-refractivity contribution in [1.82, 2.24) is 0 Å². The van der Waals surface area contributed by atoms with E-state index < -0.39 is 10.8 Å². The van der Waals surface area contributed by atoms with Crippen molar-refractivity contribution in [3.05, 3.63) is 0 Å². The van der Waals surface area contributed by atoms with Gasteiger partial charge in [0.25, 0.3) is 0 Å². The molecule has 0 radical (unpaired) electrons. The first-order chi connectivity index (χ1) is 8.18. The van der Waals surface area contributed by atoms with Crippen LogP contribution in [0, 0.1) is 0 Å². The molecule has 0 aliphatic rings. The standard InChI is InChI=1S/C14H27BrO2.K/c1-2-3-4-5-6-7-8-9-10-11-12-13(15)14(16)17;/h13H,2-12H2,1H3,(H,16,17);/q;+1/p-1. The molecule has 0 heterocycles. The molecular weight excluding hydrogens is 319 g/mol. The Balaban J connectivity index is 0. The first-order valence-electron chi connectivity index (χ1n) is 7.03. The van der Waals surface area contributed by atoms with Gasteiger partial charge >= 0.3 is 51.4 Å². The fraction of sp³-hybridized carbons (Fsp3) is 0.929. The van der Waals surface area contributed by atoms with E-state index in [0.29, 0.717) is 6.42 Å². The van der Waals surface area contributed by atoms with Gasteiger partial charge in [0.1, 0.15) is 0 Å². The summed E-state index contributed by atoms with van der Waals surface area (Å²) in [6.45, 7) is 2.24. The Morgan fingerprint density at radius 1 is 0.944 bits per heavy atom. The van der Waals surface area contributed by atoms with Gasteiger partial charge < -0.3 is 9.90 Å². The molecule has 0 aromatic rings. The molecule has 102 valence electrons. The summed E-state index contributed by atoms with van der Waals surface area (Å²) < 4.78 is 0.